The molecule has 0 radical (unpaired) electrons. The van der Waals surface area contributed by atoms with Gasteiger partial charge in [0.1, 0.15) is 11.4 Å². The fourth-order valence-electron chi connectivity index (χ4n) is 5.91. The Morgan fingerprint density at radius 3 is 2.50 bits per heavy atom. The Balaban J connectivity index is 1.45. The molecule has 6 rings (SSSR count). The van der Waals surface area contributed by atoms with Crippen LogP contribution in [-0.2, 0) is 18.5 Å². The summed E-state index contributed by atoms with van der Waals surface area (Å²) in [6.07, 6.45) is 3.34. The fourth-order valence-corrected chi connectivity index (χ4v) is 6.51. The van der Waals surface area contributed by atoms with E-state index in [2.05, 4.69) is 54.3 Å². The number of methoxy groups -OCH3 is 1. The van der Waals surface area contributed by atoms with Crippen molar-refractivity contribution in [1.29, 1.82) is 0 Å². The van der Waals surface area contributed by atoms with Crippen LogP contribution in [0, 0.1) is 0 Å². The van der Waals surface area contributed by atoms with E-state index in [4.69, 9.17) is 32.9 Å². The van der Waals surface area contributed by atoms with Crippen LogP contribution < -0.4 is 15.5 Å². The second-order valence-corrected chi connectivity index (χ2v) is 12.2. The third-order valence-corrected chi connectivity index (χ3v) is 8.38. The average Bonchev–Trinajstić information content (AvgIpc) is 2.95. The summed E-state index contributed by atoms with van der Waals surface area (Å²) in [6, 6.07) is 19.4. The number of hydrogen-bond acceptors (Lipinski definition) is 6. The molecule has 42 heavy (non-hydrogen) atoms. The van der Waals surface area contributed by atoms with Crippen LogP contribution in [0.4, 0.5) is 11.6 Å². The molecule has 3 heterocycles. The number of rotatable bonds is 6. The van der Waals surface area contributed by atoms with Crippen molar-refractivity contribution in [1.82, 2.24) is 19.4 Å². The number of aromatic nitrogens is 3. The second kappa shape index (κ2) is 11.1. The number of nitrogens with one attached hydrogen (secondary N) is 1. The molecule has 1 N–H and O–H groups in total. The van der Waals surface area contributed by atoms with Crippen molar-refractivity contribution in [2.75, 3.05) is 26.0 Å². The van der Waals surface area contributed by atoms with Gasteiger partial charge in [-0.05, 0) is 60.1 Å². The van der Waals surface area contributed by atoms with Crippen LogP contribution in [-0.4, -0.2) is 40.1 Å². The highest BCUT2D eigenvalue weighted by atomic mass is 35.5. The van der Waals surface area contributed by atoms with Gasteiger partial charge in [0.2, 0.25) is 11.4 Å². The van der Waals surface area contributed by atoms with Crippen LogP contribution in [0.25, 0.3) is 22.2 Å². The average molecular weight is 601 g/mol. The van der Waals surface area contributed by atoms with Gasteiger partial charge in [-0.25, -0.2) is 4.98 Å². The van der Waals surface area contributed by atoms with E-state index in [0.29, 0.717) is 44.7 Å². The highest BCUT2D eigenvalue weighted by Gasteiger charge is 2.30. The lowest BCUT2D eigenvalue weighted by molar-refractivity contribution is 0.236. The van der Waals surface area contributed by atoms with Gasteiger partial charge >= 0.3 is 0 Å². The van der Waals surface area contributed by atoms with Crippen molar-refractivity contribution >= 4 is 45.9 Å². The van der Waals surface area contributed by atoms with E-state index in [-0.39, 0.29) is 10.8 Å². The Hall–Kier alpha value is -3.91. The number of pyridine rings is 1. The van der Waals surface area contributed by atoms with E-state index < -0.39 is 0 Å². The van der Waals surface area contributed by atoms with Gasteiger partial charge in [-0.15, -0.1) is 0 Å². The van der Waals surface area contributed by atoms with E-state index in [1.165, 1.54) is 11.1 Å². The van der Waals surface area contributed by atoms with Crippen molar-refractivity contribution in [2.24, 2.45) is 0 Å². The fraction of sp³-hybridized carbons (Fsp3) is 0.242. The van der Waals surface area contributed by atoms with Crippen LogP contribution in [0.15, 0.2) is 77.9 Å². The molecule has 0 amide bonds. The molecule has 1 aliphatic rings. The minimum Gasteiger partial charge on any atom is -0.497 e. The Morgan fingerprint density at radius 2 is 1.79 bits per heavy atom. The van der Waals surface area contributed by atoms with Crippen LogP contribution in [0.5, 0.6) is 5.75 Å². The molecule has 0 unspecified atom stereocenters. The third-order valence-electron chi connectivity index (χ3n) is 7.75. The van der Waals surface area contributed by atoms with Gasteiger partial charge in [0.15, 0.2) is 0 Å². The molecule has 1 aliphatic heterocycles. The van der Waals surface area contributed by atoms with Gasteiger partial charge in [0.25, 0.3) is 0 Å². The molecular formula is C33H31Cl2N5O2. The number of likely N-dealkylation sites (N-methyl/N-ethyl adjacent to an activating group) is 1. The molecule has 214 valence electrons. The molecule has 5 aromatic rings. The number of hydrogen-bond donors (Lipinski definition) is 1. The molecular weight excluding hydrogens is 569 g/mol. The van der Waals surface area contributed by atoms with Crippen molar-refractivity contribution in [3.05, 3.63) is 110 Å². The van der Waals surface area contributed by atoms with Crippen molar-refractivity contribution < 1.29 is 4.74 Å². The molecule has 0 bridgehead atoms. The monoisotopic (exact) mass is 599 g/mol. The minimum absolute atomic E-state index is 0.0695. The van der Waals surface area contributed by atoms with Crippen LogP contribution in [0.2, 0.25) is 10.0 Å². The summed E-state index contributed by atoms with van der Waals surface area (Å²) in [4.78, 5) is 25.5. The number of halogens is 2. The maximum atomic E-state index is 13.8. The summed E-state index contributed by atoms with van der Waals surface area (Å²) in [7, 11) is 3.78. The van der Waals surface area contributed by atoms with Crippen LogP contribution in [0.3, 0.4) is 0 Å². The Labute approximate surface area is 254 Å². The zero-order chi connectivity index (χ0) is 29.6. The van der Waals surface area contributed by atoms with Crippen molar-refractivity contribution in [3.63, 3.8) is 0 Å². The molecule has 3 aromatic carbocycles. The highest BCUT2D eigenvalue weighted by molar-refractivity contribution is 6.39. The number of ether oxygens (including phenoxy) is 1. The highest BCUT2D eigenvalue weighted by Crippen LogP contribution is 2.36. The smallest absolute Gasteiger partial charge is 0.229 e. The van der Waals surface area contributed by atoms with Crippen LogP contribution in [0.1, 0.15) is 30.5 Å². The van der Waals surface area contributed by atoms with Gasteiger partial charge in [0, 0.05) is 54.3 Å². The van der Waals surface area contributed by atoms with Gasteiger partial charge in [-0.3, -0.25) is 4.79 Å². The third kappa shape index (κ3) is 5.36. The molecule has 0 atom stereocenters. The van der Waals surface area contributed by atoms with E-state index >= 15 is 0 Å². The summed E-state index contributed by atoms with van der Waals surface area (Å²) in [5.74, 6) is 1.16. The Morgan fingerprint density at radius 1 is 1.05 bits per heavy atom. The molecule has 2 aromatic heterocycles. The lowest BCUT2D eigenvalue weighted by Gasteiger charge is -2.38. The first-order valence-electron chi connectivity index (χ1n) is 13.7. The first-order chi connectivity index (χ1) is 20.1. The normalized spacial score (nSPS) is 14.5. The SMILES string of the molecule is COc1ccc(Cn2cc(-c3c(Cl)cccc3Cl)c(=O)c3cnc(Nc4ccc5c(c4)CN(C)CC5(C)C)nc32)cc1. The summed E-state index contributed by atoms with van der Waals surface area (Å²) in [5, 5.41) is 4.53. The van der Waals surface area contributed by atoms with Gasteiger partial charge in [-0.1, -0.05) is 61.3 Å². The summed E-state index contributed by atoms with van der Waals surface area (Å²) >= 11 is 13.1. The number of anilines is 2. The molecule has 0 spiro atoms. The number of fused-ring (bicyclic) bond motifs is 2. The quantitative estimate of drug-likeness (QED) is 0.221. The topological polar surface area (TPSA) is 72.3 Å². The summed E-state index contributed by atoms with van der Waals surface area (Å²) < 4.78 is 7.26. The van der Waals surface area contributed by atoms with E-state index in [1.54, 1.807) is 37.7 Å². The van der Waals surface area contributed by atoms with Crippen molar-refractivity contribution in [2.45, 2.75) is 32.4 Å². The lowest BCUT2D eigenvalue weighted by Crippen LogP contribution is -2.39. The molecule has 9 heteroatoms. The first-order valence-corrected chi connectivity index (χ1v) is 14.4. The zero-order valence-electron chi connectivity index (χ0n) is 23.9. The van der Waals surface area contributed by atoms with Crippen LogP contribution >= 0.6 is 23.2 Å². The minimum atomic E-state index is -0.239. The van der Waals surface area contributed by atoms with E-state index in [1.807, 2.05) is 28.8 Å². The summed E-state index contributed by atoms with van der Waals surface area (Å²) in [5.41, 5.74) is 5.73. The van der Waals surface area contributed by atoms with E-state index in [9.17, 15) is 4.79 Å². The molecule has 7 nitrogen and oxygen atoms in total. The second-order valence-electron chi connectivity index (χ2n) is 11.4. The molecule has 0 saturated heterocycles. The predicted octanol–water partition coefficient (Wildman–Crippen LogP) is 7.29. The van der Waals surface area contributed by atoms with Gasteiger partial charge < -0.3 is 19.5 Å². The predicted molar refractivity (Wildman–Crippen MR) is 170 cm³/mol. The lowest BCUT2D eigenvalue weighted by atomic mass is 9.78. The maximum Gasteiger partial charge on any atom is 0.229 e. The molecule has 0 saturated carbocycles. The number of benzene rings is 3. The molecule has 0 fully saturated rings. The first kappa shape index (κ1) is 28.2. The summed E-state index contributed by atoms with van der Waals surface area (Å²) in [6.45, 7) is 6.88. The Kier molecular flexibility index (Phi) is 7.43. The van der Waals surface area contributed by atoms with Gasteiger partial charge in [0.05, 0.1) is 22.5 Å². The van der Waals surface area contributed by atoms with Gasteiger partial charge in [-0.2, -0.15) is 4.98 Å². The van der Waals surface area contributed by atoms with Crippen molar-refractivity contribution in [3.8, 4) is 16.9 Å². The standard InChI is InChI=1S/C33H31Cl2N5O2/c1-33(2)19-39(3)17-21-14-22(10-13-26(21)33)37-32-36-15-24-30(41)25(29-27(34)6-5-7-28(29)35)18-40(31(24)38-32)16-20-8-11-23(42-4)12-9-20/h5-15,18H,16-17,19H2,1-4H3,(H,36,37,38). The zero-order valence-corrected chi connectivity index (χ0v) is 25.4. The molecule has 0 aliphatic carbocycles. The maximum absolute atomic E-state index is 13.8. The van der Waals surface area contributed by atoms with E-state index in [0.717, 1.165) is 30.1 Å². The largest absolute Gasteiger partial charge is 0.497 e. The number of nitrogens with zero attached hydrogens (tertiary/aromatic N) is 4. The Bertz CT molecular complexity index is 1850.